The van der Waals surface area contributed by atoms with Crippen LogP contribution in [0.3, 0.4) is 0 Å². The lowest BCUT2D eigenvalue weighted by molar-refractivity contribution is -0.384. The third-order valence-electron chi connectivity index (χ3n) is 2.59. The maximum atomic E-state index is 10.8. The molecule has 0 aliphatic rings. The molecule has 106 valence electrons. The van der Waals surface area contributed by atoms with Gasteiger partial charge in [-0.25, -0.2) is 4.98 Å². The number of nitrogens with one attached hydrogen (secondary N) is 1. The first-order chi connectivity index (χ1) is 9.45. The van der Waals surface area contributed by atoms with Crippen LogP contribution in [0.5, 0.6) is 0 Å². The highest BCUT2D eigenvalue weighted by atomic mass is 35.5. The Hall–Kier alpha value is -1.92. The molecule has 0 aliphatic heterocycles. The van der Waals surface area contributed by atoms with Gasteiger partial charge in [0.15, 0.2) is 5.76 Å². The SMILES string of the molecule is CC(C)NCc1ncc(-c2cc(Cl)cc([N+](=O)[O-])c2)o1. The summed E-state index contributed by atoms with van der Waals surface area (Å²) in [6, 6.07) is 4.63. The molecule has 0 amide bonds. The van der Waals surface area contributed by atoms with Crippen LogP contribution in [0.15, 0.2) is 28.8 Å². The maximum absolute atomic E-state index is 10.8. The van der Waals surface area contributed by atoms with Crippen LogP contribution in [0, 0.1) is 10.1 Å². The minimum atomic E-state index is -0.493. The third-order valence-corrected chi connectivity index (χ3v) is 2.81. The van der Waals surface area contributed by atoms with Gasteiger partial charge in [0, 0.05) is 28.8 Å². The predicted octanol–water partition coefficient (Wildman–Crippen LogP) is 3.40. The molecule has 0 bridgehead atoms. The zero-order chi connectivity index (χ0) is 14.7. The van der Waals surface area contributed by atoms with Crippen LogP contribution in [0.1, 0.15) is 19.7 Å². The Morgan fingerprint density at radius 3 is 2.85 bits per heavy atom. The molecule has 6 nitrogen and oxygen atoms in total. The van der Waals surface area contributed by atoms with Gasteiger partial charge < -0.3 is 9.73 Å². The number of benzene rings is 1. The number of halogens is 1. The summed E-state index contributed by atoms with van der Waals surface area (Å²) >= 11 is 5.87. The van der Waals surface area contributed by atoms with E-state index in [2.05, 4.69) is 10.3 Å². The molecule has 2 rings (SSSR count). The molecule has 1 heterocycles. The van der Waals surface area contributed by atoms with Gasteiger partial charge in [0.2, 0.25) is 5.89 Å². The van der Waals surface area contributed by atoms with Crippen molar-refractivity contribution in [2.24, 2.45) is 0 Å². The molecular formula is C13H14ClN3O3. The van der Waals surface area contributed by atoms with E-state index in [9.17, 15) is 10.1 Å². The molecule has 20 heavy (non-hydrogen) atoms. The minimum absolute atomic E-state index is 0.0780. The number of nitro groups is 1. The van der Waals surface area contributed by atoms with Crippen molar-refractivity contribution < 1.29 is 9.34 Å². The fourth-order valence-electron chi connectivity index (χ4n) is 1.64. The molecule has 0 fully saturated rings. The summed E-state index contributed by atoms with van der Waals surface area (Å²) in [5, 5.41) is 14.3. The van der Waals surface area contributed by atoms with Crippen molar-refractivity contribution in [3.63, 3.8) is 0 Å². The summed E-state index contributed by atoms with van der Waals surface area (Å²) in [4.78, 5) is 14.4. The molecule has 2 aromatic rings. The van der Waals surface area contributed by atoms with Crippen LogP contribution in [-0.2, 0) is 6.54 Å². The van der Waals surface area contributed by atoms with Crippen LogP contribution in [-0.4, -0.2) is 15.9 Å². The van der Waals surface area contributed by atoms with Crippen LogP contribution < -0.4 is 5.32 Å². The largest absolute Gasteiger partial charge is 0.439 e. The third kappa shape index (κ3) is 3.55. The number of nitro benzene ring substituents is 1. The van der Waals surface area contributed by atoms with Crippen molar-refractivity contribution in [2.75, 3.05) is 0 Å². The summed E-state index contributed by atoms with van der Waals surface area (Å²) in [7, 11) is 0. The smallest absolute Gasteiger partial charge is 0.271 e. The van der Waals surface area contributed by atoms with E-state index in [0.29, 0.717) is 29.8 Å². The standard InChI is InChI=1S/C13H14ClN3O3/c1-8(2)15-7-13-16-6-12(20-13)9-3-10(14)5-11(4-9)17(18)19/h3-6,8,15H,7H2,1-2H3. The predicted molar refractivity (Wildman–Crippen MR) is 75.6 cm³/mol. The molecule has 0 radical (unpaired) electrons. The van der Waals surface area contributed by atoms with Gasteiger partial charge in [-0.3, -0.25) is 10.1 Å². The minimum Gasteiger partial charge on any atom is -0.439 e. The van der Waals surface area contributed by atoms with Crippen molar-refractivity contribution in [3.8, 4) is 11.3 Å². The van der Waals surface area contributed by atoms with Gasteiger partial charge in [-0.05, 0) is 6.07 Å². The normalized spacial score (nSPS) is 11.0. The molecule has 0 spiro atoms. The molecule has 0 atom stereocenters. The molecule has 0 saturated heterocycles. The summed E-state index contributed by atoms with van der Waals surface area (Å²) in [5.41, 5.74) is 0.457. The van der Waals surface area contributed by atoms with E-state index in [-0.39, 0.29) is 10.7 Å². The first kappa shape index (κ1) is 14.5. The van der Waals surface area contributed by atoms with Gasteiger partial charge in [0.25, 0.3) is 5.69 Å². The number of hydrogen-bond acceptors (Lipinski definition) is 5. The lowest BCUT2D eigenvalue weighted by atomic mass is 10.1. The Labute approximate surface area is 120 Å². The van der Waals surface area contributed by atoms with E-state index >= 15 is 0 Å². The number of oxazole rings is 1. The molecule has 7 heteroatoms. The van der Waals surface area contributed by atoms with E-state index < -0.39 is 4.92 Å². The van der Waals surface area contributed by atoms with Crippen molar-refractivity contribution in [2.45, 2.75) is 26.4 Å². The van der Waals surface area contributed by atoms with Gasteiger partial charge in [-0.1, -0.05) is 25.4 Å². The quantitative estimate of drug-likeness (QED) is 0.675. The Morgan fingerprint density at radius 2 is 2.20 bits per heavy atom. The molecule has 1 aromatic carbocycles. The monoisotopic (exact) mass is 295 g/mol. The Bertz CT molecular complexity index is 625. The maximum Gasteiger partial charge on any atom is 0.271 e. The Kier molecular flexibility index (Phi) is 4.36. The number of hydrogen-bond donors (Lipinski definition) is 1. The fraction of sp³-hybridized carbons (Fsp3) is 0.308. The molecule has 0 saturated carbocycles. The highest BCUT2D eigenvalue weighted by molar-refractivity contribution is 6.31. The zero-order valence-electron chi connectivity index (χ0n) is 11.1. The van der Waals surface area contributed by atoms with E-state index in [0.717, 1.165) is 0 Å². The number of non-ortho nitro benzene ring substituents is 1. The molecular weight excluding hydrogens is 282 g/mol. The van der Waals surface area contributed by atoms with Gasteiger partial charge in [-0.2, -0.15) is 0 Å². The summed E-state index contributed by atoms with van der Waals surface area (Å²) in [5.74, 6) is 0.979. The van der Waals surface area contributed by atoms with Crippen molar-refractivity contribution in [1.82, 2.24) is 10.3 Å². The van der Waals surface area contributed by atoms with Crippen molar-refractivity contribution >= 4 is 17.3 Å². The Balaban J connectivity index is 2.25. The highest BCUT2D eigenvalue weighted by Gasteiger charge is 2.13. The Morgan fingerprint density at radius 1 is 1.45 bits per heavy atom. The summed E-state index contributed by atoms with van der Waals surface area (Å²) in [6.45, 7) is 4.54. The second-order valence-corrected chi connectivity index (χ2v) is 5.05. The van der Waals surface area contributed by atoms with E-state index in [1.165, 1.54) is 18.3 Å². The van der Waals surface area contributed by atoms with Gasteiger partial charge in [0.05, 0.1) is 17.7 Å². The number of aromatic nitrogens is 1. The molecule has 0 unspecified atom stereocenters. The van der Waals surface area contributed by atoms with E-state index in [1.807, 2.05) is 13.8 Å². The number of nitrogens with zero attached hydrogens (tertiary/aromatic N) is 2. The summed E-state index contributed by atoms with van der Waals surface area (Å²) < 4.78 is 5.55. The second-order valence-electron chi connectivity index (χ2n) is 4.61. The molecule has 1 N–H and O–H groups in total. The van der Waals surface area contributed by atoms with Crippen LogP contribution >= 0.6 is 11.6 Å². The fourth-order valence-corrected chi connectivity index (χ4v) is 1.87. The zero-order valence-corrected chi connectivity index (χ0v) is 11.8. The van der Waals surface area contributed by atoms with Crippen molar-refractivity contribution in [3.05, 3.63) is 45.4 Å². The average Bonchev–Trinajstić information content (AvgIpc) is 2.84. The first-order valence-corrected chi connectivity index (χ1v) is 6.47. The second kappa shape index (κ2) is 6.02. The van der Waals surface area contributed by atoms with E-state index in [1.54, 1.807) is 6.07 Å². The van der Waals surface area contributed by atoms with E-state index in [4.69, 9.17) is 16.0 Å². The summed E-state index contributed by atoms with van der Waals surface area (Å²) in [6.07, 6.45) is 1.53. The van der Waals surface area contributed by atoms with Gasteiger partial charge in [-0.15, -0.1) is 0 Å². The first-order valence-electron chi connectivity index (χ1n) is 6.09. The number of rotatable bonds is 5. The van der Waals surface area contributed by atoms with Crippen molar-refractivity contribution in [1.29, 1.82) is 0 Å². The van der Waals surface area contributed by atoms with Crippen LogP contribution in [0.4, 0.5) is 5.69 Å². The van der Waals surface area contributed by atoms with Crippen LogP contribution in [0.2, 0.25) is 5.02 Å². The average molecular weight is 296 g/mol. The highest BCUT2D eigenvalue weighted by Crippen LogP contribution is 2.28. The van der Waals surface area contributed by atoms with Gasteiger partial charge >= 0.3 is 0 Å². The van der Waals surface area contributed by atoms with Crippen LogP contribution in [0.25, 0.3) is 11.3 Å². The van der Waals surface area contributed by atoms with Gasteiger partial charge in [0.1, 0.15) is 0 Å². The lowest BCUT2D eigenvalue weighted by Crippen LogP contribution is -2.21. The molecule has 1 aromatic heterocycles. The lowest BCUT2D eigenvalue weighted by Gasteiger charge is -2.04. The topological polar surface area (TPSA) is 81.2 Å². The molecule has 0 aliphatic carbocycles.